The first-order chi connectivity index (χ1) is 8.76. The molecule has 2 heteroatoms. The van der Waals surface area contributed by atoms with Gasteiger partial charge < -0.3 is 10.2 Å². The molecule has 1 N–H and O–H groups in total. The van der Waals surface area contributed by atoms with Crippen molar-refractivity contribution in [1.82, 2.24) is 10.2 Å². The van der Waals surface area contributed by atoms with Crippen LogP contribution >= 0.6 is 0 Å². The second-order valence-corrected chi connectivity index (χ2v) is 6.01. The van der Waals surface area contributed by atoms with Crippen LogP contribution in [0.1, 0.15) is 65.7 Å². The molecule has 1 aliphatic carbocycles. The number of hydrogen-bond donors (Lipinski definition) is 1. The maximum absolute atomic E-state index is 3.76. The number of hydrogen-bond acceptors (Lipinski definition) is 2. The van der Waals surface area contributed by atoms with E-state index in [1.54, 1.807) is 0 Å². The number of nitrogens with one attached hydrogen (secondary N) is 1. The highest BCUT2D eigenvalue weighted by atomic mass is 15.1. The summed E-state index contributed by atoms with van der Waals surface area (Å²) in [6.45, 7) is 11.6. The highest BCUT2D eigenvalue weighted by Gasteiger charge is 2.13. The maximum atomic E-state index is 3.76. The third kappa shape index (κ3) is 6.75. The summed E-state index contributed by atoms with van der Waals surface area (Å²) in [5.74, 6) is 0.935. The third-order valence-corrected chi connectivity index (χ3v) is 4.41. The quantitative estimate of drug-likeness (QED) is 0.746. The molecule has 18 heavy (non-hydrogen) atoms. The van der Waals surface area contributed by atoms with Gasteiger partial charge in [0.15, 0.2) is 0 Å². The van der Waals surface area contributed by atoms with Gasteiger partial charge in [0.25, 0.3) is 0 Å². The summed E-state index contributed by atoms with van der Waals surface area (Å²) in [6.07, 6.45) is 10.2. The van der Waals surface area contributed by atoms with Crippen molar-refractivity contribution >= 4 is 0 Å². The summed E-state index contributed by atoms with van der Waals surface area (Å²) in [7, 11) is 0. The van der Waals surface area contributed by atoms with Crippen LogP contribution in [-0.4, -0.2) is 37.1 Å². The molecule has 1 aliphatic rings. The highest BCUT2D eigenvalue weighted by molar-refractivity contribution is 4.71. The van der Waals surface area contributed by atoms with Gasteiger partial charge in [0, 0.05) is 12.6 Å². The van der Waals surface area contributed by atoms with Crippen LogP contribution in [0.3, 0.4) is 0 Å². The fourth-order valence-corrected chi connectivity index (χ4v) is 3.05. The average Bonchev–Trinajstić information content (AvgIpc) is 2.34. The minimum atomic E-state index is 0.635. The summed E-state index contributed by atoms with van der Waals surface area (Å²) < 4.78 is 0. The van der Waals surface area contributed by atoms with Crippen LogP contribution in [0.15, 0.2) is 0 Å². The highest BCUT2D eigenvalue weighted by Crippen LogP contribution is 2.21. The molecule has 108 valence electrons. The van der Waals surface area contributed by atoms with Gasteiger partial charge in [-0.1, -0.05) is 46.0 Å². The van der Waals surface area contributed by atoms with Gasteiger partial charge in [0.1, 0.15) is 0 Å². The van der Waals surface area contributed by atoms with Crippen LogP contribution in [-0.2, 0) is 0 Å². The molecule has 0 saturated heterocycles. The Morgan fingerprint density at radius 1 is 1.00 bits per heavy atom. The van der Waals surface area contributed by atoms with E-state index < -0.39 is 0 Å². The lowest BCUT2D eigenvalue weighted by molar-refractivity contribution is 0.260. The van der Waals surface area contributed by atoms with Crippen LogP contribution < -0.4 is 5.32 Å². The molecule has 1 unspecified atom stereocenters. The Hall–Kier alpha value is -0.0800. The van der Waals surface area contributed by atoms with Crippen molar-refractivity contribution in [3.63, 3.8) is 0 Å². The van der Waals surface area contributed by atoms with Gasteiger partial charge in [0.05, 0.1) is 0 Å². The molecule has 0 radical (unpaired) electrons. The Morgan fingerprint density at radius 3 is 2.11 bits per heavy atom. The minimum Gasteiger partial charge on any atom is -0.313 e. The van der Waals surface area contributed by atoms with Crippen LogP contribution in [0, 0.1) is 5.92 Å². The number of rotatable bonds is 7. The normalized spacial score (nSPS) is 20.7. The molecule has 0 aliphatic heterocycles. The van der Waals surface area contributed by atoms with Gasteiger partial charge in [0.2, 0.25) is 0 Å². The SMILES string of the molecule is CCN(CC)CC(C)NCC1CCCCCCC1. The smallest absolute Gasteiger partial charge is 0.0166 e. The van der Waals surface area contributed by atoms with Gasteiger partial charge in [-0.05, 0) is 45.3 Å². The van der Waals surface area contributed by atoms with Crippen molar-refractivity contribution in [2.75, 3.05) is 26.2 Å². The molecule has 0 aromatic heterocycles. The third-order valence-electron chi connectivity index (χ3n) is 4.41. The summed E-state index contributed by atoms with van der Waals surface area (Å²) in [4.78, 5) is 2.51. The van der Waals surface area contributed by atoms with Crippen molar-refractivity contribution in [2.24, 2.45) is 5.92 Å². The van der Waals surface area contributed by atoms with E-state index in [4.69, 9.17) is 0 Å². The first kappa shape index (κ1) is 16.0. The largest absolute Gasteiger partial charge is 0.313 e. The zero-order chi connectivity index (χ0) is 13.2. The zero-order valence-corrected chi connectivity index (χ0v) is 12.9. The molecule has 0 aromatic carbocycles. The van der Waals surface area contributed by atoms with E-state index in [0.717, 1.165) is 5.92 Å². The first-order valence-electron chi connectivity index (χ1n) is 8.22. The van der Waals surface area contributed by atoms with Crippen molar-refractivity contribution in [2.45, 2.75) is 71.8 Å². The van der Waals surface area contributed by atoms with Crippen molar-refractivity contribution < 1.29 is 0 Å². The molecule has 1 rings (SSSR count). The molecule has 0 aromatic rings. The van der Waals surface area contributed by atoms with Crippen molar-refractivity contribution in [1.29, 1.82) is 0 Å². The predicted octanol–water partition coefficient (Wildman–Crippen LogP) is 3.67. The number of likely N-dealkylation sites (N-methyl/N-ethyl adjacent to an activating group) is 1. The maximum Gasteiger partial charge on any atom is 0.0166 e. The van der Waals surface area contributed by atoms with E-state index in [1.165, 1.54) is 71.1 Å². The molecular weight excluding hydrogens is 220 g/mol. The predicted molar refractivity (Wildman–Crippen MR) is 81.1 cm³/mol. The fraction of sp³-hybridized carbons (Fsp3) is 1.00. The summed E-state index contributed by atoms with van der Waals surface area (Å²) >= 11 is 0. The van der Waals surface area contributed by atoms with Crippen LogP contribution in [0.5, 0.6) is 0 Å². The Balaban J connectivity index is 2.17. The van der Waals surface area contributed by atoms with Crippen LogP contribution in [0.4, 0.5) is 0 Å². The van der Waals surface area contributed by atoms with E-state index in [1.807, 2.05) is 0 Å². The van der Waals surface area contributed by atoms with E-state index in [0.29, 0.717) is 6.04 Å². The summed E-state index contributed by atoms with van der Waals surface area (Å²) in [6, 6.07) is 0.635. The summed E-state index contributed by atoms with van der Waals surface area (Å²) in [5.41, 5.74) is 0. The fourth-order valence-electron chi connectivity index (χ4n) is 3.05. The van der Waals surface area contributed by atoms with Gasteiger partial charge >= 0.3 is 0 Å². The first-order valence-corrected chi connectivity index (χ1v) is 8.22. The van der Waals surface area contributed by atoms with E-state index >= 15 is 0 Å². The van der Waals surface area contributed by atoms with Gasteiger partial charge in [-0.2, -0.15) is 0 Å². The molecule has 0 bridgehead atoms. The van der Waals surface area contributed by atoms with E-state index in [9.17, 15) is 0 Å². The van der Waals surface area contributed by atoms with Gasteiger partial charge in [-0.25, -0.2) is 0 Å². The molecule has 0 spiro atoms. The zero-order valence-electron chi connectivity index (χ0n) is 12.9. The molecule has 1 atom stereocenters. The van der Waals surface area contributed by atoms with Crippen molar-refractivity contribution in [3.8, 4) is 0 Å². The molecule has 1 saturated carbocycles. The van der Waals surface area contributed by atoms with Gasteiger partial charge in [-0.15, -0.1) is 0 Å². The van der Waals surface area contributed by atoms with E-state index in [2.05, 4.69) is 31.0 Å². The topological polar surface area (TPSA) is 15.3 Å². The average molecular weight is 254 g/mol. The summed E-state index contributed by atoms with van der Waals surface area (Å²) in [5, 5.41) is 3.76. The van der Waals surface area contributed by atoms with Gasteiger partial charge in [-0.3, -0.25) is 0 Å². The Morgan fingerprint density at radius 2 is 1.56 bits per heavy atom. The van der Waals surface area contributed by atoms with E-state index in [-0.39, 0.29) is 0 Å². The second-order valence-electron chi connectivity index (χ2n) is 6.01. The Kier molecular flexibility index (Phi) is 8.70. The molecule has 0 heterocycles. The molecule has 1 fully saturated rings. The lowest BCUT2D eigenvalue weighted by atomic mass is 9.91. The lowest BCUT2D eigenvalue weighted by Crippen LogP contribution is -2.41. The standard InChI is InChI=1S/C16H34N2/c1-4-18(5-2)14-15(3)17-13-16-11-9-7-6-8-10-12-16/h15-17H,4-14H2,1-3H3. The Labute approximate surface area is 115 Å². The molecular formula is C16H34N2. The monoisotopic (exact) mass is 254 g/mol. The molecule has 2 nitrogen and oxygen atoms in total. The lowest BCUT2D eigenvalue weighted by Gasteiger charge is -2.26. The molecule has 0 amide bonds. The minimum absolute atomic E-state index is 0.635. The Bertz CT molecular complexity index is 182. The van der Waals surface area contributed by atoms with Crippen molar-refractivity contribution in [3.05, 3.63) is 0 Å². The number of nitrogens with zero attached hydrogens (tertiary/aromatic N) is 1. The van der Waals surface area contributed by atoms with Crippen LogP contribution in [0.2, 0.25) is 0 Å². The second kappa shape index (κ2) is 9.80. The van der Waals surface area contributed by atoms with Crippen LogP contribution in [0.25, 0.3) is 0 Å².